The van der Waals surface area contributed by atoms with E-state index in [2.05, 4.69) is 19.1 Å². The smallest absolute Gasteiger partial charge is 0.339 e. The zero-order valence-electron chi connectivity index (χ0n) is 12.0. The van der Waals surface area contributed by atoms with Crippen molar-refractivity contribution in [1.82, 2.24) is 0 Å². The molecule has 2 aromatic carbocycles. The highest BCUT2D eigenvalue weighted by Crippen LogP contribution is 2.31. The monoisotopic (exact) mass is 280 g/mol. The third kappa shape index (κ3) is 2.31. The van der Waals surface area contributed by atoms with E-state index in [9.17, 15) is 9.90 Å². The number of hydrogen-bond donors (Lipinski definition) is 1. The third-order valence-electron chi connectivity index (χ3n) is 3.90. The standard InChI is InChI=1S/C18H16O3/c1-11(13-6-4-3-5-7-13)14-8-9-16-15(10-14)17(18(19)20)12(2)21-16/h3-11H,1-2H3,(H,19,20). The number of carboxylic acid groups (broad SMARTS) is 1. The van der Waals surface area contributed by atoms with Crippen LogP contribution in [0.4, 0.5) is 0 Å². The summed E-state index contributed by atoms with van der Waals surface area (Å²) in [5, 5.41) is 10.0. The molecule has 3 heteroatoms. The number of carbonyl (C=O) groups is 1. The van der Waals surface area contributed by atoms with E-state index in [4.69, 9.17) is 4.42 Å². The number of benzene rings is 2. The molecule has 1 heterocycles. The van der Waals surface area contributed by atoms with E-state index in [1.54, 1.807) is 6.92 Å². The molecule has 0 fully saturated rings. The molecule has 0 spiro atoms. The molecule has 0 amide bonds. The molecule has 3 aromatic rings. The fourth-order valence-corrected chi connectivity index (χ4v) is 2.71. The average molecular weight is 280 g/mol. The summed E-state index contributed by atoms with van der Waals surface area (Å²) < 4.78 is 5.52. The second-order valence-electron chi connectivity index (χ2n) is 5.23. The zero-order chi connectivity index (χ0) is 15.0. The van der Waals surface area contributed by atoms with Crippen molar-refractivity contribution in [1.29, 1.82) is 0 Å². The second kappa shape index (κ2) is 5.09. The minimum Gasteiger partial charge on any atom is -0.478 e. The van der Waals surface area contributed by atoms with Gasteiger partial charge in [-0.05, 0) is 30.2 Å². The van der Waals surface area contributed by atoms with Crippen molar-refractivity contribution in [3.05, 3.63) is 71.0 Å². The maximum absolute atomic E-state index is 11.4. The van der Waals surface area contributed by atoms with Gasteiger partial charge in [0, 0.05) is 11.3 Å². The topological polar surface area (TPSA) is 50.4 Å². The molecule has 1 atom stereocenters. The predicted molar refractivity (Wildman–Crippen MR) is 81.9 cm³/mol. The van der Waals surface area contributed by atoms with Gasteiger partial charge in [0.1, 0.15) is 16.9 Å². The Kier molecular flexibility index (Phi) is 3.26. The quantitative estimate of drug-likeness (QED) is 0.763. The van der Waals surface area contributed by atoms with Gasteiger partial charge in [0.05, 0.1) is 0 Å². The van der Waals surface area contributed by atoms with Crippen LogP contribution < -0.4 is 0 Å². The largest absolute Gasteiger partial charge is 0.478 e. The predicted octanol–water partition coefficient (Wildman–Crippen LogP) is 4.59. The van der Waals surface area contributed by atoms with Crippen LogP contribution in [0.3, 0.4) is 0 Å². The number of carboxylic acids is 1. The molecule has 3 nitrogen and oxygen atoms in total. The number of rotatable bonds is 3. The summed E-state index contributed by atoms with van der Waals surface area (Å²) in [5.74, 6) is -0.301. The molecular formula is C18H16O3. The summed E-state index contributed by atoms with van der Waals surface area (Å²) in [5.41, 5.74) is 3.16. The molecule has 0 aliphatic heterocycles. The Hall–Kier alpha value is -2.55. The van der Waals surface area contributed by atoms with Crippen LogP contribution in [0.15, 0.2) is 52.9 Å². The molecule has 106 valence electrons. The Morgan fingerprint density at radius 1 is 1.10 bits per heavy atom. The number of fused-ring (bicyclic) bond motifs is 1. The van der Waals surface area contributed by atoms with Crippen molar-refractivity contribution >= 4 is 16.9 Å². The molecule has 0 radical (unpaired) electrons. The van der Waals surface area contributed by atoms with Gasteiger partial charge in [-0.1, -0.05) is 43.3 Å². The average Bonchev–Trinajstić information content (AvgIpc) is 2.82. The van der Waals surface area contributed by atoms with Crippen molar-refractivity contribution in [3.8, 4) is 0 Å². The van der Waals surface area contributed by atoms with Crippen LogP contribution >= 0.6 is 0 Å². The number of aryl methyl sites for hydroxylation is 1. The van der Waals surface area contributed by atoms with Gasteiger partial charge in [0.25, 0.3) is 0 Å². The van der Waals surface area contributed by atoms with Crippen LogP contribution in [-0.4, -0.2) is 11.1 Å². The number of hydrogen-bond acceptors (Lipinski definition) is 2. The zero-order valence-corrected chi connectivity index (χ0v) is 12.0. The first-order chi connectivity index (χ1) is 10.1. The van der Waals surface area contributed by atoms with E-state index >= 15 is 0 Å². The van der Waals surface area contributed by atoms with Crippen molar-refractivity contribution in [2.75, 3.05) is 0 Å². The lowest BCUT2D eigenvalue weighted by molar-refractivity contribution is 0.0697. The Morgan fingerprint density at radius 2 is 1.81 bits per heavy atom. The summed E-state index contributed by atoms with van der Waals surface area (Å²) in [4.78, 5) is 11.4. The molecule has 0 aliphatic rings. The number of furan rings is 1. The summed E-state index contributed by atoms with van der Waals surface area (Å²) >= 11 is 0. The van der Waals surface area contributed by atoms with E-state index in [0.29, 0.717) is 16.7 Å². The van der Waals surface area contributed by atoms with Gasteiger partial charge in [0.15, 0.2) is 0 Å². The van der Waals surface area contributed by atoms with Gasteiger partial charge in [-0.25, -0.2) is 4.79 Å². The maximum atomic E-state index is 11.4. The minimum atomic E-state index is -0.948. The first-order valence-electron chi connectivity index (χ1n) is 6.89. The van der Waals surface area contributed by atoms with Crippen molar-refractivity contribution < 1.29 is 14.3 Å². The molecular weight excluding hydrogens is 264 g/mol. The number of aromatic carboxylic acids is 1. The molecule has 0 bridgehead atoms. The second-order valence-corrected chi connectivity index (χ2v) is 5.23. The highest BCUT2D eigenvalue weighted by atomic mass is 16.4. The lowest BCUT2D eigenvalue weighted by Crippen LogP contribution is -1.98. The van der Waals surface area contributed by atoms with Gasteiger partial charge in [-0.3, -0.25) is 0 Å². The van der Waals surface area contributed by atoms with E-state index < -0.39 is 5.97 Å². The Morgan fingerprint density at radius 3 is 2.48 bits per heavy atom. The van der Waals surface area contributed by atoms with Gasteiger partial charge in [-0.15, -0.1) is 0 Å². The fraction of sp³-hybridized carbons (Fsp3) is 0.167. The molecule has 1 unspecified atom stereocenters. The summed E-state index contributed by atoms with van der Waals surface area (Å²) in [6.45, 7) is 3.80. The molecule has 21 heavy (non-hydrogen) atoms. The SMILES string of the molecule is Cc1oc2ccc(C(C)c3ccccc3)cc2c1C(=O)O. The molecule has 0 saturated heterocycles. The van der Waals surface area contributed by atoms with Crippen molar-refractivity contribution in [3.63, 3.8) is 0 Å². The molecule has 3 rings (SSSR count). The third-order valence-corrected chi connectivity index (χ3v) is 3.90. The fourth-order valence-electron chi connectivity index (χ4n) is 2.71. The lowest BCUT2D eigenvalue weighted by Gasteiger charge is -2.12. The Bertz CT molecular complexity index is 800. The Labute approximate surface area is 122 Å². The molecule has 1 N–H and O–H groups in total. The van der Waals surface area contributed by atoms with Crippen LogP contribution in [0.1, 0.15) is 40.1 Å². The lowest BCUT2D eigenvalue weighted by atomic mass is 9.92. The van der Waals surface area contributed by atoms with E-state index in [-0.39, 0.29) is 11.5 Å². The van der Waals surface area contributed by atoms with Crippen molar-refractivity contribution in [2.24, 2.45) is 0 Å². The van der Waals surface area contributed by atoms with Crippen LogP contribution in [0.5, 0.6) is 0 Å². The summed E-state index contributed by atoms with van der Waals surface area (Å²) in [6.07, 6.45) is 0. The van der Waals surface area contributed by atoms with E-state index in [0.717, 1.165) is 5.56 Å². The molecule has 1 aromatic heterocycles. The first kappa shape index (κ1) is 13.4. The van der Waals surface area contributed by atoms with Crippen LogP contribution in [0.25, 0.3) is 11.0 Å². The Balaban J connectivity index is 2.13. The summed E-state index contributed by atoms with van der Waals surface area (Å²) in [6, 6.07) is 15.9. The van der Waals surface area contributed by atoms with Crippen LogP contribution in [-0.2, 0) is 0 Å². The van der Waals surface area contributed by atoms with E-state index in [1.807, 2.05) is 36.4 Å². The molecule has 0 saturated carbocycles. The highest BCUT2D eigenvalue weighted by molar-refractivity contribution is 6.03. The summed E-state index contributed by atoms with van der Waals surface area (Å²) in [7, 11) is 0. The highest BCUT2D eigenvalue weighted by Gasteiger charge is 2.18. The van der Waals surface area contributed by atoms with Crippen LogP contribution in [0, 0.1) is 6.92 Å². The maximum Gasteiger partial charge on any atom is 0.339 e. The minimum absolute atomic E-state index is 0.201. The van der Waals surface area contributed by atoms with E-state index in [1.165, 1.54) is 5.56 Å². The van der Waals surface area contributed by atoms with Gasteiger partial charge in [-0.2, -0.15) is 0 Å². The van der Waals surface area contributed by atoms with Crippen LogP contribution in [0.2, 0.25) is 0 Å². The first-order valence-corrected chi connectivity index (χ1v) is 6.89. The van der Waals surface area contributed by atoms with Gasteiger partial charge < -0.3 is 9.52 Å². The molecule has 0 aliphatic carbocycles. The van der Waals surface area contributed by atoms with Gasteiger partial charge in [0.2, 0.25) is 0 Å². The van der Waals surface area contributed by atoms with Gasteiger partial charge >= 0.3 is 5.97 Å². The van der Waals surface area contributed by atoms with Crippen molar-refractivity contribution in [2.45, 2.75) is 19.8 Å². The normalized spacial score (nSPS) is 12.5.